The van der Waals surface area contributed by atoms with Gasteiger partial charge in [0.05, 0.1) is 17.4 Å². The molecule has 0 aromatic carbocycles. The Morgan fingerprint density at radius 1 is 1.47 bits per heavy atom. The van der Waals surface area contributed by atoms with Gasteiger partial charge in [-0.3, -0.25) is 0 Å². The summed E-state index contributed by atoms with van der Waals surface area (Å²) in [6.07, 6.45) is 4.59. The van der Waals surface area contributed by atoms with Crippen molar-refractivity contribution >= 4 is 0 Å². The Labute approximate surface area is 90.8 Å². The number of hydrogen-bond donors (Lipinski definition) is 1. The van der Waals surface area contributed by atoms with Crippen LogP contribution in [0.4, 0.5) is 0 Å². The van der Waals surface area contributed by atoms with Crippen LogP contribution in [0, 0.1) is 0 Å². The van der Waals surface area contributed by atoms with Crippen molar-refractivity contribution in [2.45, 2.75) is 51.5 Å². The van der Waals surface area contributed by atoms with Crippen LogP contribution in [0.1, 0.15) is 56.5 Å². The highest BCUT2D eigenvalue weighted by atomic mass is 15.5. The van der Waals surface area contributed by atoms with E-state index in [-0.39, 0.29) is 0 Å². The second-order valence-corrected chi connectivity index (χ2v) is 4.61. The molecule has 1 aromatic rings. The molecule has 15 heavy (non-hydrogen) atoms. The minimum atomic E-state index is 0.356. The van der Waals surface area contributed by atoms with Crippen molar-refractivity contribution in [2.75, 3.05) is 6.54 Å². The van der Waals surface area contributed by atoms with Gasteiger partial charge in [0.15, 0.2) is 0 Å². The lowest BCUT2D eigenvalue weighted by atomic mass is 9.88. The third-order valence-corrected chi connectivity index (χ3v) is 3.06. The molecule has 1 heterocycles. The fraction of sp³-hybridized carbons (Fsp3) is 0.818. The van der Waals surface area contributed by atoms with Crippen LogP contribution >= 0.6 is 0 Å². The van der Waals surface area contributed by atoms with E-state index in [1.54, 1.807) is 0 Å². The van der Waals surface area contributed by atoms with Gasteiger partial charge in [0, 0.05) is 5.92 Å². The fourth-order valence-corrected chi connectivity index (χ4v) is 2.23. The van der Waals surface area contributed by atoms with Gasteiger partial charge < -0.3 is 5.73 Å². The largest absolute Gasteiger partial charge is 0.330 e. The summed E-state index contributed by atoms with van der Waals surface area (Å²) in [5.41, 5.74) is 8.04. The highest BCUT2D eigenvalue weighted by Gasteiger charge is 2.24. The third kappa shape index (κ3) is 2.04. The molecule has 0 radical (unpaired) electrons. The van der Waals surface area contributed by atoms with E-state index in [2.05, 4.69) is 24.0 Å². The minimum Gasteiger partial charge on any atom is -0.330 e. The molecule has 1 aliphatic carbocycles. The third-order valence-electron chi connectivity index (χ3n) is 3.06. The number of nitrogens with zero attached hydrogens (tertiary/aromatic N) is 3. The van der Waals surface area contributed by atoms with Crippen LogP contribution < -0.4 is 5.73 Å². The number of hydrogen-bond acceptors (Lipinski definition) is 3. The van der Waals surface area contributed by atoms with Crippen molar-refractivity contribution in [3.8, 4) is 0 Å². The topological polar surface area (TPSA) is 56.7 Å². The minimum absolute atomic E-state index is 0.356. The molecule has 2 N–H and O–H groups in total. The summed E-state index contributed by atoms with van der Waals surface area (Å²) in [6, 6.07) is 0.356. The molecule has 0 saturated heterocycles. The van der Waals surface area contributed by atoms with E-state index in [9.17, 15) is 0 Å². The molecule has 0 aliphatic heterocycles. The lowest BCUT2D eigenvalue weighted by Gasteiger charge is -2.18. The molecule has 0 bridgehead atoms. The van der Waals surface area contributed by atoms with E-state index < -0.39 is 0 Å². The van der Waals surface area contributed by atoms with Gasteiger partial charge in [-0.2, -0.15) is 15.0 Å². The van der Waals surface area contributed by atoms with E-state index in [1.807, 2.05) is 4.80 Å². The SMILES string of the molecule is CC(C)n1nc2c(n1)C(CCN)CCC2. The van der Waals surface area contributed by atoms with Crippen molar-refractivity contribution in [3.63, 3.8) is 0 Å². The van der Waals surface area contributed by atoms with Crippen LogP contribution in [0.5, 0.6) is 0 Å². The van der Waals surface area contributed by atoms with Gasteiger partial charge in [0.25, 0.3) is 0 Å². The van der Waals surface area contributed by atoms with Gasteiger partial charge in [-0.1, -0.05) is 0 Å². The van der Waals surface area contributed by atoms with Crippen molar-refractivity contribution in [1.29, 1.82) is 0 Å². The average Bonchev–Trinajstić information content (AvgIpc) is 2.63. The predicted molar refractivity (Wildman–Crippen MR) is 59.8 cm³/mol. The zero-order chi connectivity index (χ0) is 10.8. The maximum atomic E-state index is 5.63. The quantitative estimate of drug-likeness (QED) is 0.821. The number of aryl methyl sites for hydroxylation is 1. The van der Waals surface area contributed by atoms with Crippen molar-refractivity contribution in [1.82, 2.24) is 15.0 Å². The molecule has 2 rings (SSSR count). The van der Waals surface area contributed by atoms with E-state index in [4.69, 9.17) is 5.73 Å². The lowest BCUT2D eigenvalue weighted by Crippen LogP contribution is -2.13. The zero-order valence-corrected chi connectivity index (χ0v) is 9.61. The normalized spacial score (nSPS) is 20.7. The van der Waals surface area contributed by atoms with Crippen molar-refractivity contribution in [3.05, 3.63) is 11.4 Å². The standard InChI is InChI=1S/C11H20N4/c1-8(2)15-13-10-5-3-4-9(6-7-12)11(10)14-15/h8-9H,3-7,12H2,1-2H3. The first kappa shape index (κ1) is 10.6. The van der Waals surface area contributed by atoms with Crippen molar-refractivity contribution < 1.29 is 0 Å². The van der Waals surface area contributed by atoms with Gasteiger partial charge in [-0.15, -0.1) is 0 Å². The Bertz CT molecular complexity index is 329. The highest BCUT2D eigenvalue weighted by molar-refractivity contribution is 5.18. The maximum absolute atomic E-state index is 5.63. The molecule has 0 saturated carbocycles. The Balaban J connectivity index is 2.26. The van der Waals surface area contributed by atoms with E-state index >= 15 is 0 Å². The van der Waals surface area contributed by atoms with Gasteiger partial charge in [0.1, 0.15) is 0 Å². The average molecular weight is 208 g/mol. The molecule has 1 atom stereocenters. The molecular formula is C11H20N4. The molecule has 4 nitrogen and oxygen atoms in total. The first-order chi connectivity index (χ1) is 7.22. The summed E-state index contributed by atoms with van der Waals surface area (Å²) in [6.45, 7) is 4.98. The van der Waals surface area contributed by atoms with Crippen LogP contribution in [-0.2, 0) is 6.42 Å². The molecule has 1 unspecified atom stereocenters. The van der Waals surface area contributed by atoms with Crippen LogP contribution in [0.3, 0.4) is 0 Å². The molecular weight excluding hydrogens is 188 g/mol. The van der Waals surface area contributed by atoms with Crippen LogP contribution in [0.25, 0.3) is 0 Å². The number of rotatable bonds is 3. The van der Waals surface area contributed by atoms with Gasteiger partial charge in [-0.05, 0) is 46.1 Å². The van der Waals surface area contributed by atoms with Crippen molar-refractivity contribution in [2.24, 2.45) is 5.73 Å². The summed E-state index contributed by atoms with van der Waals surface area (Å²) >= 11 is 0. The molecule has 0 amide bonds. The monoisotopic (exact) mass is 208 g/mol. The second kappa shape index (κ2) is 4.31. The summed E-state index contributed by atoms with van der Waals surface area (Å²) in [7, 11) is 0. The number of aromatic nitrogens is 3. The summed E-state index contributed by atoms with van der Waals surface area (Å²) in [4.78, 5) is 1.85. The fourth-order valence-electron chi connectivity index (χ4n) is 2.23. The maximum Gasteiger partial charge on any atom is 0.0890 e. The Hall–Kier alpha value is -0.900. The molecule has 4 heteroatoms. The Morgan fingerprint density at radius 3 is 2.93 bits per heavy atom. The van der Waals surface area contributed by atoms with E-state index in [0.29, 0.717) is 12.0 Å². The number of nitrogens with two attached hydrogens (primary N) is 1. The van der Waals surface area contributed by atoms with E-state index in [0.717, 1.165) is 19.4 Å². The molecule has 1 aliphatic rings. The highest BCUT2D eigenvalue weighted by Crippen LogP contribution is 2.31. The summed E-state index contributed by atoms with van der Waals surface area (Å²) in [5, 5.41) is 9.15. The van der Waals surface area contributed by atoms with Gasteiger partial charge in [0.2, 0.25) is 0 Å². The van der Waals surface area contributed by atoms with Gasteiger partial charge in [-0.25, -0.2) is 0 Å². The molecule has 84 valence electrons. The zero-order valence-electron chi connectivity index (χ0n) is 9.61. The smallest absolute Gasteiger partial charge is 0.0890 e. The van der Waals surface area contributed by atoms with Gasteiger partial charge >= 0.3 is 0 Å². The Morgan fingerprint density at radius 2 is 2.27 bits per heavy atom. The molecule has 0 fully saturated rings. The molecule has 1 aromatic heterocycles. The first-order valence-electron chi connectivity index (χ1n) is 5.88. The van der Waals surface area contributed by atoms with Crippen LogP contribution in [0.15, 0.2) is 0 Å². The summed E-state index contributed by atoms with van der Waals surface area (Å²) in [5.74, 6) is 0.547. The van der Waals surface area contributed by atoms with Crippen LogP contribution in [0.2, 0.25) is 0 Å². The Kier molecular flexibility index (Phi) is 3.05. The summed E-state index contributed by atoms with van der Waals surface area (Å²) < 4.78 is 0. The van der Waals surface area contributed by atoms with E-state index in [1.165, 1.54) is 24.2 Å². The lowest BCUT2D eigenvalue weighted by molar-refractivity contribution is 0.456. The van der Waals surface area contributed by atoms with Crippen LogP contribution in [-0.4, -0.2) is 21.5 Å². The number of fused-ring (bicyclic) bond motifs is 1. The predicted octanol–water partition coefficient (Wildman–Crippen LogP) is 1.63. The molecule has 0 spiro atoms. The first-order valence-corrected chi connectivity index (χ1v) is 5.88. The second-order valence-electron chi connectivity index (χ2n) is 4.61.